The molecular formula is C21H26N4O3. The van der Waals surface area contributed by atoms with Crippen molar-refractivity contribution in [2.24, 2.45) is 5.73 Å². The normalized spacial score (nSPS) is 14.6. The van der Waals surface area contributed by atoms with E-state index in [9.17, 15) is 9.59 Å². The number of anilines is 2. The monoisotopic (exact) mass is 382 g/mol. The molecule has 3 rings (SSSR count). The summed E-state index contributed by atoms with van der Waals surface area (Å²) in [7, 11) is 2.13. The molecule has 0 aliphatic carbocycles. The van der Waals surface area contributed by atoms with Crippen molar-refractivity contribution in [3.63, 3.8) is 0 Å². The van der Waals surface area contributed by atoms with Gasteiger partial charge in [-0.05, 0) is 49.9 Å². The summed E-state index contributed by atoms with van der Waals surface area (Å²) in [6.45, 7) is 5.84. The summed E-state index contributed by atoms with van der Waals surface area (Å²) < 4.78 is 5.34. The molecule has 28 heavy (non-hydrogen) atoms. The Morgan fingerprint density at radius 3 is 2.50 bits per heavy atom. The first-order chi connectivity index (χ1) is 13.4. The molecule has 1 aliphatic rings. The molecule has 0 saturated carbocycles. The molecule has 0 bridgehead atoms. The molecule has 2 amide bonds. The van der Waals surface area contributed by atoms with E-state index in [1.54, 1.807) is 24.3 Å². The smallest absolute Gasteiger partial charge is 0.259 e. The second-order valence-electron chi connectivity index (χ2n) is 7.00. The minimum absolute atomic E-state index is 0.275. The number of hydrogen-bond donors (Lipinski definition) is 2. The van der Waals surface area contributed by atoms with Gasteiger partial charge in [-0.3, -0.25) is 9.59 Å². The topological polar surface area (TPSA) is 87.9 Å². The number of nitrogens with one attached hydrogen (secondary N) is 1. The Morgan fingerprint density at radius 2 is 1.82 bits per heavy atom. The number of carbonyl (C=O) groups is 2. The number of rotatable bonds is 6. The van der Waals surface area contributed by atoms with Gasteiger partial charge in [-0.15, -0.1) is 0 Å². The Labute approximate surface area is 165 Å². The zero-order valence-corrected chi connectivity index (χ0v) is 16.3. The lowest BCUT2D eigenvalue weighted by molar-refractivity contribution is -0.119. The van der Waals surface area contributed by atoms with E-state index in [4.69, 9.17) is 10.5 Å². The Bertz CT molecular complexity index is 860. The molecule has 148 valence electrons. The molecule has 0 atom stereocenters. The fourth-order valence-electron chi connectivity index (χ4n) is 3.26. The maximum Gasteiger partial charge on any atom is 0.259 e. The van der Waals surface area contributed by atoms with Crippen molar-refractivity contribution >= 4 is 23.2 Å². The van der Waals surface area contributed by atoms with Crippen molar-refractivity contribution < 1.29 is 14.3 Å². The summed E-state index contributed by atoms with van der Waals surface area (Å²) in [5.41, 5.74) is 8.49. The van der Waals surface area contributed by atoms with Gasteiger partial charge in [0, 0.05) is 37.6 Å². The van der Waals surface area contributed by atoms with E-state index in [0.29, 0.717) is 17.0 Å². The third kappa shape index (κ3) is 4.80. The lowest BCUT2D eigenvalue weighted by Crippen LogP contribution is -2.44. The van der Waals surface area contributed by atoms with Crippen molar-refractivity contribution in [1.29, 1.82) is 0 Å². The average molecular weight is 382 g/mol. The molecule has 0 radical (unpaired) electrons. The van der Waals surface area contributed by atoms with Crippen molar-refractivity contribution in [2.45, 2.75) is 6.92 Å². The van der Waals surface area contributed by atoms with Gasteiger partial charge in [0.15, 0.2) is 6.61 Å². The zero-order chi connectivity index (χ0) is 20.1. The lowest BCUT2D eigenvalue weighted by atomic mass is 10.1. The Hall–Kier alpha value is -3.06. The van der Waals surface area contributed by atoms with Gasteiger partial charge < -0.3 is 25.6 Å². The average Bonchev–Trinajstić information content (AvgIpc) is 2.67. The highest BCUT2D eigenvalue weighted by atomic mass is 16.5. The summed E-state index contributed by atoms with van der Waals surface area (Å²) in [4.78, 5) is 28.3. The number of primary amides is 1. The third-order valence-electron chi connectivity index (χ3n) is 4.80. The number of benzene rings is 2. The van der Waals surface area contributed by atoms with Gasteiger partial charge in [0.2, 0.25) is 0 Å². The summed E-state index contributed by atoms with van der Waals surface area (Å²) in [6, 6.07) is 12.7. The van der Waals surface area contributed by atoms with E-state index in [1.165, 1.54) is 5.69 Å². The number of likely N-dealkylation sites (N-methyl/N-ethyl adjacent to an activating group) is 1. The number of para-hydroxylation sites is 1. The van der Waals surface area contributed by atoms with Crippen LogP contribution in [0.5, 0.6) is 5.75 Å². The largest absolute Gasteiger partial charge is 0.483 e. The SMILES string of the molecule is Cc1cc(NC(=O)c2ccccc2OCC(N)=O)ccc1N1CCN(C)CC1. The van der Waals surface area contributed by atoms with Gasteiger partial charge in [-0.1, -0.05) is 12.1 Å². The van der Waals surface area contributed by atoms with Crippen LogP contribution in [0.15, 0.2) is 42.5 Å². The quantitative estimate of drug-likeness (QED) is 0.796. The van der Waals surface area contributed by atoms with E-state index in [0.717, 1.165) is 31.7 Å². The number of hydrogen-bond acceptors (Lipinski definition) is 5. The Kier molecular flexibility index (Phi) is 6.16. The number of carbonyl (C=O) groups excluding carboxylic acids is 2. The molecule has 3 N–H and O–H groups in total. The Balaban J connectivity index is 1.71. The van der Waals surface area contributed by atoms with Crippen LogP contribution in [0.1, 0.15) is 15.9 Å². The van der Waals surface area contributed by atoms with Crippen LogP contribution in [0, 0.1) is 6.92 Å². The van der Waals surface area contributed by atoms with Crippen molar-refractivity contribution in [1.82, 2.24) is 4.90 Å². The molecule has 1 fully saturated rings. The Morgan fingerprint density at radius 1 is 1.11 bits per heavy atom. The van der Waals surface area contributed by atoms with Crippen LogP contribution in [0.25, 0.3) is 0 Å². The van der Waals surface area contributed by atoms with Crippen molar-refractivity contribution in [3.8, 4) is 5.75 Å². The fraction of sp³-hybridized carbons (Fsp3) is 0.333. The molecule has 7 nitrogen and oxygen atoms in total. The van der Waals surface area contributed by atoms with Crippen LogP contribution in [-0.4, -0.2) is 56.5 Å². The molecule has 0 spiro atoms. The molecule has 1 aliphatic heterocycles. The highest BCUT2D eigenvalue weighted by Gasteiger charge is 2.17. The number of nitrogens with two attached hydrogens (primary N) is 1. The second-order valence-corrected chi connectivity index (χ2v) is 7.00. The van der Waals surface area contributed by atoms with E-state index in [-0.39, 0.29) is 12.5 Å². The predicted molar refractivity (Wildman–Crippen MR) is 110 cm³/mol. The van der Waals surface area contributed by atoms with E-state index in [2.05, 4.69) is 22.2 Å². The third-order valence-corrected chi connectivity index (χ3v) is 4.80. The van der Waals surface area contributed by atoms with Crippen molar-refractivity contribution in [3.05, 3.63) is 53.6 Å². The first kappa shape index (κ1) is 19.7. The maximum absolute atomic E-state index is 12.7. The zero-order valence-electron chi connectivity index (χ0n) is 16.3. The van der Waals surface area contributed by atoms with Crippen LogP contribution < -0.4 is 20.7 Å². The highest BCUT2D eigenvalue weighted by molar-refractivity contribution is 6.06. The number of ether oxygens (including phenoxy) is 1. The number of aryl methyl sites for hydroxylation is 1. The molecule has 2 aromatic carbocycles. The molecule has 2 aromatic rings. The maximum atomic E-state index is 12.7. The van der Waals surface area contributed by atoms with Gasteiger partial charge in [-0.2, -0.15) is 0 Å². The van der Waals surface area contributed by atoms with E-state index >= 15 is 0 Å². The van der Waals surface area contributed by atoms with Crippen LogP contribution in [0.2, 0.25) is 0 Å². The molecule has 0 aromatic heterocycles. The van der Waals surface area contributed by atoms with Gasteiger partial charge in [0.25, 0.3) is 11.8 Å². The molecule has 0 unspecified atom stereocenters. The van der Waals surface area contributed by atoms with Gasteiger partial charge in [0.1, 0.15) is 5.75 Å². The number of nitrogens with zero attached hydrogens (tertiary/aromatic N) is 2. The van der Waals surface area contributed by atoms with Crippen molar-refractivity contribution in [2.75, 3.05) is 50.1 Å². The summed E-state index contributed by atoms with van der Waals surface area (Å²) in [6.07, 6.45) is 0. The minimum atomic E-state index is -0.592. The fourth-order valence-corrected chi connectivity index (χ4v) is 3.26. The summed E-state index contributed by atoms with van der Waals surface area (Å²) >= 11 is 0. The lowest BCUT2D eigenvalue weighted by Gasteiger charge is -2.35. The minimum Gasteiger partial charge on any atom is -0.483 e. The summed E-state index contributed by atoms with van der Waals surface area (Å²) in [5.74, 6) is -0.568. The van der Waals surface area contributed by atoms with E-state index in [1.807, 2.05) is 25.1 Å². The molecular weight excluding hydrogens is 356 g/mol. The predicted octanol–water partition coefficient (Wildman–Crippen LogP) is 1.86. The number of piperazine rings is 1. The van der Waals surface area contributed by atoms with Crippen LogP contribution in [0.3, 0.4) is 0 Å². The first-order valence-corrected chi connectivity index (χ1v) is 9.29. The van der Waals surface area contributed by atoms with Gasteiger partial charge >= 0.3 is 0 Å². The van der Waals surface area contributed by atoms with Gasteiger partial charge in [-0.25, -0.2) is 0 Å². The molecule has 1 heterocycles. The highest BCUT2D eigenvalue weighted by Crippen LogP contribution is 2.26. The standard InChI is InChI=1S/C21H26N4O3/c1-15-13-16(7-8-18(15)25-11-9-24(2)10-12-25)23-21(27)17-5-3-4-6-19(17)28-14-20(22)26/h3-8,13H,9-12,14H2,1-2H3,(H2,22,26)(H,23,27). The van der Waals surface area contributed by atoms with Crippen LogP contribution >= 0.6 is 0 Å². The van der Waals surface area contributed by atoms with Gasteiger partial charge in [0.05, 0.1) is 5.56 Å². The molecule has 7 heteroatoms. The van der Waals surface area contributed by atoms with Crippen LogP contribution in [0.4, 0.5) is 11.4 Å². The van der Waals surface area contributed by atoms with Crippen LogP contribution in [-0.2, 0) is 4.79 Å². The number of amides is 2. The molecule has 1 saturated heterocycles. The van der Waals surface area contributed by atoms with E-state index < -0.39 is 5.91 Å². The summed E-state index contributed by atoms with van der Waals surface area (Å²) in [5, 5.41) is 2.90. The second kappa shape index (κ2) is 8.75. The first-order valence-electron chi connectivity index (χ1n) is 9.29.